The summed E-state index contributed by atoms with van der Waals surface area (Å²) in [7, 11) is 2.21. The summed E-state index contributed by atoms with van der Waals surface area (Å²) in [6.45, 7) is 0. The molecule has 0 aliphatic heterocycles. The van der Waals surface area contributed by atoms with E-state index in [0.29, 0.717) is 0 Å². The van der Waals surface area contributed by atoms with Crippen molar-refractivity contribution in [3.05, 3.63) is 42.5 Å². The number of hydrogen-bond acceptors (Lipinski definition) is 1. The molecule has 0 heterocycles. The van der Waals surface area contributed by atoms with Crippen LogP contribution in [-0.2, 0) is 0 Å². The van der Waals surface area contributed by atoms with Crippen molar-refractivity contribution in [2.24, 2.45) is 0 Å². The van der Waals surface area contributed by atoms with Crippen molar-refractivity contribution in [3.63, 3.8) is 0 Å². The largest absolute Gasteiger partial charge is 0.371 e. The Morgan fingerprint density at radius 3 is 2.53 bits per heavy atom. The van der Waals surface area contributed by atoms with Gasteiger partial charge in [0.15, 0.2) is 0 Å². The maximum absolute atomic E-state index is 2.42. The fourth-order valence-corrected chi connectivity index (χ4v) is 2.17. The maximum atomic E-state index is 2.42. The molecule has 0 unspecified atom stereocenters. The molecular weight excluding hydrogens is 182 g/mol. The molecule has 3 rings (SSSR count). The van der Waals surface area contributed by atoms with Crippen molar-refractivity contribution >= 4 is 16.5 Å². The summed E-state index contributed by atoms with van der Waals surface area (Å²) in [5.41, 5.74) is 1.37. The van der Waals surface area contributed by atoms with Crippen molar-refractivity contribution in [2.75, 3.05) is 11.9 Å². The highest BCUT2D eigenvalue weighted by Crippen LogP contribution is 2.34. The molecule has 0 spiro atoms. The fourth-order valence-electron chi connectivity index (χ4n) is 2.17. The smallest absolute Gasteiger partial charge is 0.0445 e. The van der Waals surface area contributed by atoms with E-state index in [2.05, 4.69) is 54.4 Å². The van der Waals surface area contributed by atoms with E-state index in [1.54, 1.807) is 0 Å². The van der Waals surface area contributed by atoms with Gasteiger partial charge in [0.05, 0.1) is 0 Å². The van der Waals surface area contributed by atoms with Gasteiger partial charge in [0.1, 0.15) is 0 Å². The van der Waals surface area contributed by atoms with E-state index in [9.17, 15) is 0 Å². The molecule has 1 aliphatic carbocycles. The minimum Gasteiger partial charge on any atom is -0.371 e. The third-order valence-corrected chi connectivity index (χ3v) is 3.24. The van der Waals surface area contributed by atoms with Crippen LogP contribution in [0, 0.1) is 0 Å². The van der Waals surface area contributed by atoms with Gasteiger partial charge < -0.3 is 4.90 Å². The van der Waals surface area contributed by atoms with E-state index in [0.717, 1.165) is 6.04 Å². The average Bonchev–Trinajstić information content (AvgIpc) is 3.11. The summed E-state index contributed by atoms with van der Waals surface area (Å²) in [5.74, 6) is 0. The molecular formula is C14H15N. The van der Waals surface area contributed by atoms with E-state index in [4.69, 9.17) is 0 Å². The first-order chi connectivity index (χ1) is 7.36. The van der Waals surface area contributed by atoms with Crippen LogP contribution in [0.25, 0.3) is 10.8 Å². The standard InChI is InChI=1S/C14H15N/c1-15(12-9-10-12)14-8-4-6-11-5-2-3-7-13(11)14/h2-8,12H,9-10H2,1H3. The van der Waals surface area contributed by atoms with Gasteiger partial charge in [0.2, 0.25) is 0 Å². The first-order valence-electron chi connectivity index (χ1n) is 5.57. The highest BCUT2D eigenvalue weighted by Gasteiger charge is 2.26. The number of benzene rings is 2. The molecule has 0 aromatic heterocycles. The van der Waals surface area contributed by atoms with Gasteiger partial charge >= 0.3 is 0 Å². The lowest BCUT2D eigenvalue weighted by Gasteiger charge is -2.20. The predicted molar refractivity (Wildman–Crippen MR) is 65.4 cm³/mol. The van der Waals surface area contributed by atoms with Crippen LogP contribution in [0.2, 0.25) is 0 Å². The van der Waals surface area contributed by atoms with Gasteiger partial charge in [0.25, 0.3) is 0 Å². The quantitative estimate of drug-likeness (QED) is 0.713. The van der Waals surface area contributed by atoms with Crippen molar-refractivity contribution in [1.29, 1.82) is 0 Å². The predicted octanol–water partition coefficient (Wildman–Crippen LogP) is 3.44. The third-order valence-electron chi connectivity index (χ3n) is 3.24. The van der Waals surface area contributed by atoms with Crippen molar-refractivity contribution in [1.82, 2.24) is 0 Å². The molecule has 0 N–H and O–H groups in total. The summed E-state index contributed by atoms with van der Waals surface area (Å²) < 4.78 is 0. The van der Waals surface area contributed by atoms with E-state index in [-0.39, 0.29) is 0 Å². The van der Waals surface area contributed by atoms with Crippen LogP contribution in [-0.4, -0.2) is 13.1 Å². The van der Waals surface area contributed by atoms with Crippen LogP contribution in [0.15, 0.2) is 42.5 Å². The average molecular weight is 197 g/mol. The zero-order chi connectivity index (χ0) is 10.3. The molecule has 0 amide bonds. The molecule has 15 heavy (non-hydrogen) atoms. The van der Waals surface area contributed by atoms with Crippen molar-refractivity contribution in [3.8, 4) is 0 Å². The molecule has 2 aromatic carbocycles. The number of hydrogen-bond donors (Lipinski definition) is 0. The summed E-state index contributed by atoms with van der Waals surface area (Å²) in [6.07, 6.45) is 2.69. The molecule has 76 valence electrons. The topological polar surface area (TPSA) is 3.24 Å². The lowest BCUT2D eigenvalue weighted by molar-refractivity contribution is 0.922. The minimum absolute atomic E-state index is 0.774. The Labute approximate surface area is 90.3 Å². The number of nitrogens with zero attached hydrogens (tertiary/aromatic N) is 1. The summed E-state index contributed by atoms with van der Waals surface area (Å²) in [4.78, 5) is 2.42. The molecule has 0 radical (unpaired) electrons. The molecule has 0 saturated heterocycles. The van der Waals surface area contributed by atoms with Crippen molar-refractivity contribution in [2.45, 2.75) is 18.9 Å². The van der Waals surface area contributed by atoms with Gasteiger partial charge in [-0.15, -0.1) is 0 Å². The second-order valence-electron chi connectivity index (χ2n) is 4.34. The zero-order valence-electron chi connectivity index (χ0n) is 8.98. The van der Waals surface area contributed by atoms with Crippen LogP contribution >= 0.6 is 0 Å². The number of fused-ring (bicyclic) bond motifs is 1. The molecule has 1 nitrogen and oxygen atoms in total. The van der Waals surface area contributed by atoms with Gasteiger partial charge in [-0.05, 0) is 24.3 Å². The Morgan fingerprint density at radius 1 is 1.00 bits per heavy atom. The van der Waals surface area contributed by atoms with Crippen LogP contribution in [0.4, 0.5) is 5.69 Å². The highest BCUT2D eigenvalue weighted by atomic mass is 15.2. The Morgan fingerprint density at radius 2 is 1.73 bits per heavy atom. The number of rotatable bonds is 2. The third kappa shape index (κ3) is 1.48. The second-order valence-corrected chi connectivity index (χ2v) is 4.34. The molecule has 1 saturated carbocycles. The molecule has 0 bridgehead atoms. The molecule has 0 atom stereocenters. The van der Waals surface area contributed by atoms with Crippen LogP contribution < -0.4 is 4.90 Å². The van der Waals surface area contributed by atoms with E-state index < -0.39 is 0 Å². The Balaban J connectivity index is 2.16. The van der Waals surface area contributed by atoms with E-state index in [1.165, 1.54) is 29.3 Å². The van der Waals surface area contributed by atoms with Gasteiger partial charge in [-0.2, -0.15) is 0 Å². The first-order valence-corrected chi connectivity index (χ1v) is 5.57. The van der Waals surface area contributed by atoms with Crippen LogP contribution in [0.1, 0.15) is 12.8 Å². The summed E-state index contributed by atoms with van der Waals surface area (Å²) >= 11 is 0. The van der Waals surface area contributed by atoms with Crippen LogP contribution in [0.3, 0.4) is 0 Å². The lowest BCUT2D eigenvalue weighted by atomic mass is 10.1. The monoisotopic (exact) mass is 197 g/mol. The Kier molecular flexibility index (Phi) is 1.91. The molecule has 1 aliphatic rings. The highest BCUT2D eigenvalue weighted by molar-refractivity contribution is 5.94. The Bertz CT molecular complexity index is 480. The molecule has 1 fully saturated rings. The first kappa shape index (κ1) is 8.78. The van der Waals surface area contributed by atoms with Gasteiger partial charge in [-0.25, -0.2) is 0 Å². The summed E-state index contributed by atoms with van der Waals surface area (Å²) in [5, 5.41) is 2.71. The van der Waals surface area contributed by atoms with Crippen LogP contribution in [0.5, 0.6) is 0 Å². The molecule has 2 aromatic rings. The zero-order valence-corrected chi connectivity index (χ0v) is 8.98. The number of anilines is 1. The Hall–Kier alpha value is -1.50. The molecule has 1 heteroatoms. The SMILES string of the molecule is CN(c1cccc2ccccc12)C1CC1. The van der Waals surface area contributed by atoms with Gasteiger partial charge in [-0.3, -0.25) is 0 Å². The van der Waals surface area contributed by atoms with Gasteiger partial charge in [0, 0.05) is 24.2 Å². The van der Waals surface area contributed by atoms with Crippen molar-refractivity contribution < 1.29 is 0 Å². The fraction of sp³-hybridized carbons (Fsp3) is 0.286. The van der Waals surface area contributed by atoms with E-state index >= 15 is 0 Å². The maximum Gasteiger partial charge on any atom is 0.0445 e. The normalized spacial score (nSPS) is 15.5. The van der Waals surface area contributed by atoms with E-state index in [1.807, 2.05) is 0 Å². The minimum atomic E-state index is 0.774. The summed E-state index contributed by atoms with van der Waals surface area (Å²) in [6, 6.07) is 15.9. The lowest BCUT2D eigenvalue weighted by Crippen LogP contribution is -2.19. The van der Waals surface area contributed by atoms with Gasteiger partial charge in [-0.1, -0.05) is 36.4 Å². The second kappa shape index (κ2) is 3.27.